The van der Waals surface area contributed by atoms with Gasteiger partial charge in [0.25, 0.3) is 11.8 Å². The molecule has 0 saturated heterocycles. The Kier molecular flexibility index (Phi) is 6.45. The number of carboxylic acids is 1. The number of hydrogen-bond acceptors (Lipinski definition) is 6. The fourth-order valence-electron chi connectivity index (χ4n) is 3.86. The van der Waals surface area contributed by atoms with Gasteiger partial charge in [-0.3, -0.25) is 14.5 Å². The molecule has 2 aromatic carbocycles. The molecule has 2 amide bonds. The van der Waals surface area contributed by atoms with Crippen LogP contribution in [-0.4, -0.2) is 44.7 Å². The normalized spacial score (nSPS) is 15.0. The molecule has 10 nitrogen and oxygen atoms in total. The van der Waals surface area contributed by atoms with E-state index in [1.807, 2.05) is 30.3 Å². The van der Waals surface area contributed by atoms with Crippen LogP contribution in [0.4, 0.5) is 5.69 Å². The van der Waals surface area contributed by atoms with Crippen LogP contribution >= 0.6 is 0 Å². The number of H-pyrrole nitrogens is 1. The molecule has 1 atom stereocenters. The maximum absolute atomic E-state index is 13.4. The van der Waals surface area contributed by atoms with E-state index in [0.717, 1.165) is 5.56 Å². The molecule has 1 aliphatic rings. The van der Waals surface area contributed by atoms with Gasteiger partial charge in [-0.1, -0.05) is 30.3 Å². The third kappa shape index (κ3) is 5.08. The lowest BCUT2D eigenvalue weighted by molar-refractivity contribution is -0.139. The number of aromatic amines is 1. The fourth-order valence-corrected chi connectivity index (χ4v) is 3.86. The first kappa shape index (κ1) is 23.5. The van der Waals surface area contributed by atoms with Crippen molar-refractivity contribution in [1.29, 1.82) is 0 Å². The summed E-state index contributed by atoms with van der Waals surface area (Å²) in [6.07, 6.45) is 6.09. The van der Waals surface area contributed by atoms with Crippen molar-refractivity contribution in [3.05, 3.63) is 114 Å². The van der Waals surface area contributed by atoms with Gasteiger partial charge in [-0.15, -0.1) is 0 Å². The van der Waals surface area contributed by atoms with Crippen LogP contribution in [0.15, 0.2) is 101 Å². The summed E-state index contributed by atoms with van der Waals surface area (Å²) in [4.78, 5) is 50.5. The summed E-state index contributed by atoms with van der Waals surface area (Å²) in [7, 11) is 0. The lowest BCUT2D eigenvalue weighted by Crippen LogP contribution is -2.42. The van der Waals surface area contributed by atoms with Crippen molar-refractivity contribution in [1.82, 2.24) is 15.3 Å². The van der Waals surface area contributed by atoms with Crippen LogP contribution < -0.4 is 10.2 Å². The van der Waals surface area contributed by atoms with Gasteiger partial charge < -0.3 is 19.8 Å². The topological polar surface area (TPSA) is 141 Å². The Balaban J connectivity index is 1.39. The number of aromatic nitrogens is 2. The Morgan fingerprint density at radius 2 is 1.86 bits per heavy atom. The number of aliphatic carboxylic acids is 1. The van der Waals surface area contributed by atoms with Crippen molar-refractivity contribution in [3.63, 3.8) is 0 Å². The third-order valence-electron chi connectivity index (χ3n) is 5.68. The number of furan rings is 1. The molecule has 1 aliphatic heterocycles. The second kappa shape index (κ2) is 10.2. The van der Waals surface area contributed by atoms with Crippen LogP contribution in [0.2, 0.25) is 0 Å². The van der Waals surface area contributed by atoms with Gasteiger partial charge in [-0.05, 0) is 36.4 Å². The van der Waals surface area contributed by atoms with E-state index < -0.39 is 17.9 Å². The van der Waals surface area contributed by atoms with Gasteiger partial charge in [0.05, 0.1) is 18.3 Å². The molecular formula is C27H21N5O5. The summed E-state index contributed by atoms with van der Waals surface area (Å²) in [5, 5.41) is 12.0. The van der Waals surface area contributed by atoms with Crippen LogP contribution in [-0.2, 0) is 16.0 Å². The monoisotopic (exact) mass is 495 g/mol. The second-order valence-corrected chi connectivity index (χ2v) is 8.18. The average molecular weight is 495 g/mol. The number of nitrogens with one attached hydrogen (secondary N) is 2. The van der Waals surface area contributed by atoms with E-state index in [-0.39, 0.29) is 23.6 Å². The van der Waals surface area contributed by atoms with E-state index in [1.165, 1.54) is 35.8 Å². The van der Waals surface area contributed by atoms with E-state index in [0.29, 0.717) is 23.0 Å². The summed E-state index contributed by atoms with van der Waals surface area (Å²) in [5.74, 6) is -1.14. The van der Waals surface area contributed by atoms with Gasteiger partial charge in [0.2, 0.25) is 0 Å². The number of amidine groups is 1. The minimum Gasteiger partial charge on any atom is -0.480 e. The van der Waals surface area contributed by atoms with Crippen LogP contribution in [0.25, 0.3) is 6.08 Å². The zero-order valence-electron chi connectivity index (χ0n) is 19.4. The van der Waals surface area contributed by atoms with Gasteiger partial charge in [0.1, 0.15) is 23.3 Å². The van der Waals surface area contributed by atoms with Crippen molar-refractivity contribution >= 4 is 35.4 Å². The highest BCUT2D eigenvalue weighted by Crippen LogP contribution is 2.28. The number of aliphatic imine (C=N–C) groups is 1. The minimum atomic E-state index is -1.16. The van der Waals surface area contributed by atoms with Crippen LogP contribution in [0, 0.1) is 0 Å². The number of amides is 2. The van der Waals surface area contributed by atoms with Gasteiger partial charge in [0.15, 0.2) is 0 Å². The summed E-state index contributed by atoms with van der Waals surface area (Å²) >= 11 is 0. The summed E-state index contributed by atoms with van der Waals surface area (Å²) < 4.78 is 5.34. The van der Waals surface area contributed by atoms with Gasteiger partial charge in [0, 0.05) is 35.5 Å². The minimum absolute atomic E-state index is 0.0586. The Labute approximate surface area is 211 Å². The van der Waals surface area contributed by atoms with Crippen molar-refractivity contribution in [2.75, 3.05) is 4.90 Å². The Hall–Kier alpha value is -5.25. The zero-order chi connectivity index (χ0) is 25.8. The van der Waals surface area contributed by atoms with Crippen molar-refractivity contribution in [2.24, 2.45) is 4.99 Å². The average Bonchev–Trinajstić information content (AvgIpc) is 3.68. The Morgan fingerprint density at radius 3 is 2.51 bits per heavy atom. The highest BCUT2D eigenvalue weighted by atomic mass is 16.4. The molecule has 0 bridgehead atoms. The van der Waals surface area contributed by atoms with Crippen molar-refractivity contribution in [2.45, 2.75) is 12.5 Å². The van der Waals surface area contributed by atoms with E-state index in [9.17, 15) is 19.5 Å². The number of imidazole rings is 1. The number of benzene rings is 2. The first-order valence-corrected chi connectivity index (χ1v) is 11.3. The number of nitrogens with zero attached hydrogens (tertiary/aromatic N) is 3. The molecule has 0 fully saturated rings. The van der Waals surface area contributed by atoms with E-state index in [2.05, 4.69) is 20.3 Å². The van der Waals surface area contributed by atoms with Crippen LogP contribution in [0.1, 0.15) is 27.4 Å². The van der Waals surface area contributed by atoms with E-state index >= 15 is 0 Å². The van der Waals surface area contributed by atoms with E-state index in [4.69, 9.17) is 4.42 Å². The summed E-state index contributed by atoms with van der Waals surface area (Å²) in [5.41, 5.74) is 2.28. The molecule has 10 heteroatoms. The molecule has 3 N–H and O–H groups in total. The number of anilines is 1. The predicted octanol–water partition coefficient (Wildman–Crippen LogP) is 3.26. The van der Waals surface area contributed by atoms with Crippen molar-refractivity contribution in [3.8, 4) is 0 Å². The highest BCUT2D eigenvalue weighted by Gasteiger charge is 2.33. The fraction of sp³-hybridized carbons (Fsp3) is 0.0741. The summed E-state index contributed by atoms with van der Waals surface area (Å²) in [6.45, 7) is 0. The molecular weight excluding hydrogens is 474 g/mol. The zero-order valence-corrected chi connectivity index (χ0v) is 19.4. The second-order valence-electron chi connectivity index (χ2n) is 8.18. The molecule has 37 heavy (non-hydrogen) atoms. The SMILES string of the molecule is O=C(NC(Cc1cnc[nH]1)C(=O)O)c1ccc(N2C(=O)C(=Cc3ccco3)N=C2c2ccccc2)cc1. The number of rotatable bonds is 8. The van der Waals surface area contributed by atoms with Crippen LogP contribution in [0.3, 0.4) is 0 Å². The smallest absolute Gasteiger partial charge is 0.326 e. The Morgan fingerprint density at radius 1 is 1.08 bits per heavy atom. The van der Waals surface area contributed by atoms with E-state index in [1.54, 1.807) is 30.3 Å². The number of carboxylic acid groups (broad SMARTS) is 1. The molecule has 0 spiro atoms. The molecule has 1 unspecified atom stereocenters. The molecule has 2 aromatic heterocycles. The first-order valence-electron chi connectivity index (χ1n) is 11.3. The lowest BCUT2D eigenvalue weighted by atomic mass is 10.1. The van der Waals surface area contributed by atoms with Gasteiger partial charge >= 0.3 is 5.97 Å². The maximum atomic E-state index is 13.4. The largest absolute Gasteiger partial charge is 0.480 e. The number of carbonyl (C=O) groups excluding carboxylic acids is 2. The maximum Gasteiger partial charge on any atom is 0.326 e. The molecule has 184 valence electrons. The Bertz CT molecular complexity index is 1470. The third-order valence-corrected chi connectivity index (χ3v) is 5.68. The van der Waals surface area contributed by atoms with Crippen molar-refractivity contribution < 1.29 is 23.9 Å². The highest BCUT2D eigenvalue weighted by molar-refractivity contribution is 6.33. The molecule has 0 radical (unpaired) electrons. The lowest BCUT2D eigenvalue weighted by Gasteiger charge is -2.19. The van der Waals surface area contributed by atoms with Gasteiger partial charge in [-0.25, -0.2) is 14.8 Å². The molecule has 5 rings (SSSR count). The molecule has 0 aliphatic carbocycles. The van der Waals surface area contributed by atoms with Gasteiger partial charge in [-0.2, -0.15) is 0 Å². The molecule has 4 aromatic rings. The quantitative estimate of drug-likeness (QED) is 0.321. The van der Waals surface area contributed by atoms with Crippen LogP contribution in [0.5, 0.6) is 0 Å². The molecule has 3 heterocycles. The standard InChI is InChI=1S/C27H21N5O5/c33-25(31-23(27(35)36)13-19-15-28-16-29-19)18-8-10-20(11-9-18)32-24(17-5-2-1-3-6-17)30-22(26(32)34)14-21-7-4-12-37-21/h1-12,14-16,23H,13H2,(H,28,29)(H,31,33)(H,35,36). The summed E-state index contributed by atoms with van der Waals surface area (Å²) in [6, 6.07) is 17.9. The first-order chi connectivity index (χ1) is 18.0. The molecule has 0 saturated carbocycles. The number of carbonyl (C=O) groups is 3. The predicted molar refractivity (Wildman–Crippen MR) is 135 cm³/mol. The number of hydrogen-bond donors (Lipinski definition) is 3.